The molecule has 0 aliphatic rings. The van der Waals surface area contributed by atoms with Gasteiger partial charge in [0.1, 0.15) is 0 Å². The van der Waals surface area contributed by atoms with Gasteiger partial charge < -0.3 is 0 Å². The molecule has 3 heterocycles. The zero-order valence-electron chi connectivity index (χ0n) is 11.9. The molecular formula is C14H10ClN3O2S3. The van der Waals surface area contributed by atoms with Crippen LogP contribution >= 0.6 is 34.3 Å². The first-order valence-corrected chi connectivity index (χ1v) is 10.4. The average Bonchev–Trinajstić information content (AvgIpc) is 3.10. The van der Waals surface area contributed by atoms with Gasteiger partial charge in [0.2, 0.25) is 9.84 Å². The normalized spacial score (nSPS) is 12.4. The Balaban J connectivity index is 1.78. The molecule has 0 atom stereocenters. The summed E-state index contributed by atoms with van der Waals surface area (Å²) >= 11 is 8.97. The van der Waals surface area contributed by atoms with Crippen LogP contribution in [0.4, 0.5) is 0 Å². The van der Waals surface area contributed by atoms with E-state index in [1.807, 2.05) is 25.1 Å². The molecule has 118 valence electrons. The minimum atomic E-state index is -3.61. The van der Waals surface area contributed by atoms with Gasteiger partial charge in [-0.1, -0.05) is 17.7 Å². The van der Waals surface area contributed by atoms with Gasteiger partial charge in [-0.3, -0.25) is 4.40 Å². The summed E-state index contributed by atoms with van der Waals surface area (Å²) in [6.07, 6.45) is 1.67. The van der Waals surface area contributed by atoms with Gasteiger partial charge in [0.05, 0.1) is 21.0 Å². The van der Waals surface area contributed by atoms with E-state index in [1.54, 1.807) is 22.9 Å². The molecular weight excluding hydrogens is 374 g/mol. The number of nitrogens with zero attached hydrogens (tertiary/aromatic N) is 3. The summed E-state index contributed by atoms with van der Waals surface area (Å²) in [4.78, 5) is 9.07. The smallest absolute Gasteiger partial charge is 0.201 e. The summed E-state index contributed by atoms with van der Waals surface area (Å²) < 4.78 is 28.1. The lowest BCUT2D eigenvalue weighted by Gasteiger charge is -2.04. The Morgan fingerprint density at radius 3 is 2.96 bits per heavy atom. The number of aromatic nitrogens is 3. The highest BCUT2D eigenvalue weighted by molar-refractivity contribution is 7.90. The molecule has 3 aromatic heterocycles. The Bertz CT molecular complexity index is 1140. The van der Waals surface area contributed by atoms with Gasteiger partial charge >= 0.3 is 0 Å². The number of aryl methyl sites for hydroxylation is 1. The molecule has 0 N–H and O–H groups in total. The van der Waals surface area contributed by atoms with Gasteiger partial charge in [-0.2, -0.15) is 0 Å². The van der Waals surface area contributed by atoms with Crippen LogP contribution in [0.15, 0.2) is 34.8 Å². The highest BCUT2D eigenvalue weighted by Gasteiger charge is 2.25. The third-order valence-electron chi connectivity index (χ3n) is 3.39. The second kappa shape index (κ2) is 5.27. The van der Waals surface area contributed by atoms with E-state index in [4.69, 9.17) is 11.6 Å². The summed E-state index contributed by atoms with van der Waals surface area (Å²) in [5.74, 6) is -0.136. The fourth-order valence-electron chi connectivity index (χ4n) is 2.48. The first-order valence-electron chi connectivity index (χ1n) is 6.64. The van der Waals surface area contributed by atoms with Crippen LogP contribution in [0.3, 0.4) is 0 Å². The van der Waals surface area contributed by atoms with Crippen molar-refractivity contribution in [1.29, 1.82) is 0 Å². The zero-order valence-corrected chi connectivity index (χ0v) is 15.1. The molecule has 0 aliphatic carbocycles. The number of imidazole rings is 1. The highest BCUT2D eigenvalue weighted by Crippen LogP contribution is 2.29. The maximum atomic E-state index is 12.8. The summed E-state index contributed by atoms with van der Waals surface area (Å²) in [7, 11) is -3.61. The van der Waals surface area contributed by atoms with Gasteiger partial charge in [-0.15, -0.1) is 22.7 Å². The third-order valence-corrected chi connectivity index (χ3v) is 7.17. The van der Waals surface area contributed by atoms with E-state index < -0.39 is 9.84 Å². The maximum Gasteiger partial charge on any atom is 0.201 e. The van der Waals surface area contributed by atoms with E-state index in [0.717, 1.165) is 15.2 Å². The van der Waals surface area contributed by atoms with E-state index in [1.165, 1.54) is 15.7 Å². The molecule has 0 fully saturated rings. The zero-order chi connectivity index (χ0) is 16.2. The van der Waals surface area contributed by atoms with Crippen molar-refractivity contribution in [3.63, 3.8) is 0 Å². The van der Waals surface area contributed by atoms with Gasteiger partial charge in [0, 0.05) is 11.6 Å². The van der Waals surface area contributed by atoms with E-state index in [2.05, 4.69) is 9.97 Å². The van der Waals surface area contributed by atoms with Crippen molar-refractivity contribution in [3.05, 3.63) is 45.5 Å². The van der Waals surface area contributed by atoms with Gasteiger partial charge in [-0.25, -0.2) is 18.4 Å². The van der Waals surface area contributed by atoms with Crippen LogP contribution in [0.5, 0.6) is 0 Å². The minimum absolute atomic E-state index is 0.0161. The molecule has 0 bridgehead atoms. The Morgan fingerprint density at radius 1 is 1.30 bits per heavy atom. The topological polar surface area (TPSA) is 64.3 Å². The van der Waals surface area contributed by atoms with Crippen molar-refractivity contribution < 1.29 is 8.42 Å². The Morgan fingerprint density at radius 2 is 2.13 bits per heavy atom. The van der Waals surface area contributed by atoms with Gasteiger partial charge in [0.25, 0.3) is 0 Å². The lowest BCUT2D eigenvalue weighted by atomic mass is 10.2. The maximum absolute atomic E-state index is 12.8. The number of hydrogen-bond donors (Lipinski definition) is 0. The third kappa shape index (κ3) is 2.55. The summed E-state index contributed by atoms with van der Waals surface area (Å²) in [6.45, 7) is 1.93. The van der Waals surface area contributed by atoms with Crippen LogP contribution in [0, 0.1) is 6.92 Å². The van der Waals surface area contributed by atoms with Gasteiger partial charge in [-0.05, 0) is 24.6 Å². The molecule has 0 amide bonds. The average molecular weight is 384 g/mol. The van der Waals surface area contributed by atoms with Crippen LogP contribution in [0.1, 0.15) is 10.6 Å². The van der Waals surface area contributed by atoms with Crippen molar-refractivity contribution in [2.75, 3.05) is 0 Å². The Labute approximate surface area is 145 Å². The number of rotatable bonds is 3. The van der Waals surface area contributed by atoms with Crippen molar-refractivity contribution in [2.45, 2.75) is 17.7 Å². The van der Waals surface area contributed by atoms with Crippen LogP contribution in [0.2, 0.25) is 5.15 Å². The quantitative estimate of drug-likeness (QED) is 0.537. The molecule has 0 aliphatic heterocycles. The number of benzene rings is 1. The van der Waals surface area contributed by atoms with Crippen molar-refractivity contribution in [1.82, 2.24) is 14.4 Å². The number of halogens is 1. The van der Waals surface area contributed by atoms with E-state index >= 15 is 0 Å². The van der Waals surface area contributed by atoms with Crippen LogP contribution in [-0.2, 0) is 15.6 Å². The molecule has 5 nitrogen and oxygen atoms in total. The molecule has 4 aromatic rings. The Kier molecular flexibility index (Phi) is 3.45. The lowest BCUT2D eigenvalue weighted by molar-refractivity contribution is 0.590. The minimum Gasteiger partial charge on any atom is -0.280 e. The molecule has 23 heavy (non-hydrogen) atoms. The Hall–Kier alpha value is -1.48. The molecule has 0 unspecified atom stereocenters. The second-order valence-electron chi connectivity index (χ2n) is 5.06. The number of hydrogen-bond acceptors (Lipinski definition) is 6. The predicted molar refractivity (Wildman–Crippen MR) is 93.3 cm³/mol. The highest BCUT2D eigenvalue weighted by atomic mass is 35.5. The summed E-state index contributed by atoms with van der Waals surface area (Å²) in [5, 5.41) is 2.80. The number of thiazole rings is 2. The second-order valence-corrected chi connectivity index (χ2v) is 9.43. The van der Waals surface area contributed by atoms with Crippen molar-refractivity contribution >= 4 is 59.3 Å². The number of sulfone groups is 1. The molecule has 1 aromatic carbocycles. The largest absolute Gasteiger partial charge is 0.280 e. The van der Waals surface area contributed by atoms with E-state index in [0.29, 0.717) is 10.5 Å². The summed E-state index contributed by atoms with van der Waals surface area (Å²) in [5.41, 5.74) is 1.50. The molecule has 0 saturated carbocycles. The molecule has 9 heteroatoms. The fourth-order valence-corrected chi connectivity index (χ4v) is 6.14. The molecule has 0 spiro atoms. The standard InChI is InChI=1S/C14H10ClN3O2S3/c1-8-16-10-6-9(2-3-11(10)22-8)7-23(19,20)13-12(15)17-14-18(13)4-5-21-14/h2-6H,7H2,1H3. The lowest BCUT2D eigenvalue weighted by Crippen LogP contribution is -2.08. The van der Waals surface area contributed by atoms with Crippen LogP contribution in [0.25, 0.3) is 15.2 Å². The van der Waals surface area contributed by atoms with Crippen molar-refractivity contribution in [2.24, 2.45) is 0 Å². The van der Waals surface area contributed by atoms with E-state index in [-0.39, 0.29) is 15.9 Å². The fraction of sp³-hybridized carbons (Fsp3) is 0.143. The predicted octanol–water partition coefficient (Wildman–Crippen LogP) is 3.94. The molecule has 0 saturated heterocycles. The van der Waals surface area contributed by atoms with Gasteiger partial charge in [0.15, 0.2) is 15.1 Å². The van der Waals surface area contributed by atoms with E-state index in [9.17, 15) is 8.42 Å². The monoisotopic (exact) mass is 383 g/mol. The molecule has 4 rings (SSSR count). The van der Waals surface area contributed by atoms with Crippen LogP contribution in [-0.4, -0.2) is 22.8 Å². The SMILES string of the molecule is Cc1nc2cc(CS(=O)(=O)c3c(Cl)nc4sccn34)ccc2s1. The summed E-state index contributed by atoms with van der Waals surface area (Å²) in [6, 6.07) is 5.54. The first-order chi connectivity index (χ1) is 10.9. The van der Waals surface area contributed by atoms with Crippen LogP contribution < -0.4 is 0 Å². The number of fused-ring (bicyclic) bond motifs is 2. The first kappa shape index (κ1) is 15.1. The van der Waals surface area contributed by atoms with Crippen molar-refractivity contribution in [3.8, 4) is 0 Å². The molecule has 0 radical (unpaired) electrons.